The van der Waals surface area contributed by atoms with Crippen molar-refractivity contribution in [2.24, 2.45) is 0 Å². The Balaban J connectivity index is 4.18. The molecule has 28 heavy (non-hydrogen) atoms. The molecule has 0 radical (unpaired) electrons. The molecule has 0 aliphatic rings. The highest BCUT2D eigenvalue weighted by Crippen LogP contribution is 2.09. The van der Waals surface area contributed by atoms with E-state index in [0.29, 0.717) is 12.8 Å². The Morgan fingerprint density at radius 1 is 0.714 bits per heavy atom. The molecule has 0 aromatic heterocycles. The highest BCUT2D eigenvalue weighted by Gasteiger charge is 2.18. The van der Waals surface area contributed by atoms with Gasteiger partial charge in [-0.25, -0.2) is 4.79 Å². The third-order valence-corrected chi connectivity index (χ3v) is 4.13. The van der Waals surface area contributed by atoms with E-state index in [2.05, 4.69) is 18.7 Å². The summed E-state index contributed by atoms with van der Waals surface area (Å²) in [5.74, 6) is -1.31. The van der Waals surface area contributed by atoms with E-state index in [1.165, 1.54) is 13.3 Å². The predicted molar refractivity (Wildman–Crippen MR) is 105 cm³/mol. The van der Waals surface area contributed by atoms with Gasteiger partial charge in [-0.15, -0.1) is 0 Å². The number of ether oxygens (including phenoxy) is 2. The van der Waals surface area contributed by atoms with Crippen molar-refractivity contribution < 1.29 is 33.6 Å². The van der Waals surface area contributed by atoms with E-state index in [1.54, 1.807) is 0 Å². The van der Waals surface area contributed by atoms with Crippen LogP contribution in [0, 0.1) is 0 Å². The molecular formula is C21H38O7. The molecule has 1 atom stereocenters. The van der Waals surface area contributed by atoms with Crippen molar-refractivity contribution in [2.75, 3.05) is 13.2 Å². The molecule has 0 bridgehead atoms. The van der Waals surface area contributed by atoms with Crippen LogP contribution in [-0.4, -0.2) is 37.2 Å². The number of carbonyl (C=O) groups is 3. The summed E-state index contributed by atoms with van der Waals surface area (Å²) in [6.45, 7) is 5.19. The molecular weight excluding hydrogens is 364 g/mol. The summed E-state index contributed by atoms with van der Waals surface area (Å²) >= 11 is 0. The lowest BCUT2D eigenvalue weighted by atomic mass is 10.1. The molecule has 0 aromatic rings. The van der Waals surface area contributed by atoms with Crippen LogP contribution in [0.15, 0.2) is 0 Å². The number of hydrogen-bond acceptors (Lipinski definition) is 7. The molecule has 0 aromatic carbocycles. The number of carbonyl (C=O) groups excluding carboxylic acids is 3. The summed E-state index contributed by atoms with van der Waals surface area (Å²) in [6.07, 6.45) is 10.2. The maximum Gasteiger partial charge on any atom is 0.339 e. The summed E-state index contributed by atoms with van der Waals surface area (Å²) in [7, 11) is 0. The molecule has 0 heterocycles. The minimum absolute atomic E-state index is 0.114. The van der Waals surface area contributed by atoms with Gasteiger partial charge in [0.2, 0.25) is 0 Å². The first-order valence-corrected chi connectivity index (χ1v) is 10.6. The Hall–Kier alpha value is -1.63. The lowest BCUT2D eigenvalue weighted by molar-refractivity contribution is -0.282. The number of hydrogen-bond donors (Lipinski definition) is 0. The zero-order chi connectivity index (χ0) is 21.0. The Morgan fingerprint density at radius 3 is 1.79 bits per heavy atom. The van der Waals surface area contributed by atoms with Crippen molar-refractivity contribution >= 4 is 17.9 Å². The van der Waals surface area contributed by atoms with Crippen LogP contribution in [-0.2, 0) is 33.6 Å². The fraction of sp³-hybridized carbons (Fsp3) is 0.857. The lowest BCUT2D eigenvalue weighted by Gasteiger charge is -2.17. The molecule has 0 saturated heterocycles. The second-order valence-corrected chi connectivity index (χ2v) is 6.98. The van der Waals surface area contributed by atoms with Gasteiger partial charge in [-0.1, -0.05) is 65.2 Å². The van der Waals surface area contributed by atoms with Gasteiger partial charge < -0.3 is 9.47 Å². The molecule has 7 heteroatoms. The van der Waals surface area contributed by atoms with Crippen LogP contribution in [0.25, 0.3) is 0 Å². The van der Waals surface area contributed by atoms with E-state index in [9.17, 15) is 14.4 Å². The largest absolute Gasteiger partial charge is 0.462 e. The normalized spacial score (nSPS) is 11.7. The molecule has 7 nitrogen and oxygen atoms in total. The Kier molecular flexibility index (Phi) is 17.6. The molecule has 1 unspecified atom stereocenters. The minimum atomic E-state index is -0.800. The van der Waals surface area contributed by atoms with Crippen molar-refractivity contribution in [1.29, 1.82) is 0 Å². The predicted octanol–water partition coefficient (Wildman–Crippen LogP) is 4.66. The van der Waals surface area contributed by atoms with E-state index in [0.717, 1.165) is 57.8 Å². The van der Waals surface area contributed by atoms with E-state index in [1.807, 2.05) is 0 Å². The Labute approximate surface area is 169 Å². The number of unbranched alkanes of at least 4 members (excludes halogenated alkanes) is 8. The van der Waals surface area contributed by atoms with Crippen LogP contribution in [0.2, 0.25) is 0 Å². The van der Waals surface area contributed by atoms with Gasteiger partial charge in [0.25, 0.3) is 0 Å². The summed E-state index contributed by atoms with van der Waals surface area (Å²) < 4.78 is 10.5. The van der Waals surface area contributed by atoms with Crippen LogP contribution in [0.1, 0.15) is 97.8 Å². The van der Waals surface area contributed by atoms with Crippen molar-refractivity contribution in [3.05, 3.63) is 0 Å². The highest BCUT2D eigenvalue weighted by atomic mass is 17.2. The second-order valence-electron chi connectivity index (χ2n) is 6.98. The highest BCUT2D eigenvalue weighted by molar-refractivity contribution is 5.70. The molecule has 0 N–H and O–H groups in total. The van der Waals surface area contributed by atoms with Crippen LogP contribution in [0.5, 0.6) is 0 Å². The minimum Gasteiger partial charge on any atom is -0.462 e. The monoisotopic (exact) mass is 402 g/mol. The van der Waals surface area contributed by atoms with Crippen molar-refractivity contribution in [3.63, 3.8) is 0 Å². The van der Waals surface area contributed by atoms with E-state index >= 15 is 0 Å². The van der Waals surface area contributed by atoms with Gasteiger partial charge >= 0.3 is 17.9 Å². The Morgan fingerprint density at radius 2 is 1.25 bits per heavy atom. The van der Waals surface area contributed by atoms with E-state index in [-0.39, 0.29) is 25.2 Å². The van der Waals surface area contributed by atoms with Gasteiger partial charge in [-0.3, -0.25) is 14.5 Å². The molecule has 0 spiro atoms. The summed E-state index contributed by atoms with van der Waals surface area (Å²) in [5, 5.41) is 0. The summed E-state index contributed by atoms with van der Waals surface area (Å²) in [4.78, 5) is 43.8. The van der Waals surface area contributed by atoms with Crippen molar-refractivity contribution in [3.8, 4) is 0 Å². The van der Waals surface area contributed by atoms with Crippen LogP contribution in [0.3, 0.4) is 0 Å². The van der Waals surface area contributed by atoms with Gasteiger partial charge in [0.1, 0.15) is 13.2 Å². The topological polar surface area (TPSA) is 88.1 Å². The molecule has 164 valence electrons. The Bertz CT molecular complexity index is 423. The van der Waals surface area contributed by atoms with Gasteiger partial charge in [0.05, 0.1) is 0 Å². The van der Waals surface area contributed by atoms with E-state index in [4.69, 9.17) is 14.4 Å². The van der Waals surface area contributed by atoms with Crippen LogP contribution >= 0.6 is 0 Å². The first-order valence-electron chi connectivity index (χ1n) is 10.6. The molecule has 0 saturated carbocycles. The fourth-order valence-corrected chi connectivity index (χ4v) is 2.56. The first kappa shape index (κ1) is 26.4. The molecule has 0 aliphatic heterocycles. The smallest absolute Gasteiger partial charge is 0.339 e. The second kappa shape index (κ2) is 18.7. The lowest BCUT2D eigenvalue weighted by Crippen LogP contribution is -2.30. The molecule has 0 rings (SSSR count). The van der Waals surface area contributed by atoms with Gasteiger partial charge in [-0.05, 0) is 12.8 Å². The maximum atomic E-state index is 12.0. The summed E-state index contributed by atoms with van der Waals surface area (Å²) in [5.41, 5.74) is 0. The van der Waals surface area contributed by atoms with E-state index < -0.39 is 12.1 Å². The number of rotatable bonds is 18. The van der Waals surface area contributed by atoms with Crippen molar-refractivity contribution in [2.45, 2.75) is 104 Å². The zero-order valence-electron chi connectivity index (χ0n) is 17.8. The standard InChI is InChI=1S/C21H38O7/c1-4-6-8-10-12-14-20(23)25-16-19(17-26-28-18(3)22)27-21(24)15-13-11-9-7-5-2/h19H,4-17H2,1-3H3. The molecule has 0 amide bonds. The third-order valence-electron chi connectivity index (χ3n) is 4.13. The maximum absolute atomic E-state index is 12.0. The average Bonchev–Trinajstić information content (AvgIpc) is 2.65. The molecule has 0 aliphatic carbocycles. The van der Waals surface area contributed by atoms with Gasteiger partial charge in [0, 0.05) is 19.8 Å². The molecule has 0 fully saturated rings. The summed E-state index contributed by atoms with van der Waals surface area (Å²) in [6, 6.07) is 0. The first-order chi connectivity index (χ1) is 13.5. The fourth-order valence-electron chi connectivity index (χ4n) is 2.56. The third kappa shape index (κ3) is 17.8. The van der Waals surface area contributed by atoms with Crippen LogP contribution in [0.4, 0.5) is 0 Å². The quantitative estimate of drug-likeness (QED) is 0.143. The van der Waals surface area contributed by atoms with Crippen LogP contribution < -0.4 is 0 Å². The van der Waals surface area contributed by atoms with Crippen molar-refractivity contribution in [1.82, 2.24) is 0 Å². The average molecular weight is 403 g/mol. The van der Waals surface area contributed by atoms with Gasteiger partial charge in [-0.2, -0.15) is 4.89 Å². The SMILES string of the molecule is CCCCCCCC(=O)OCC(COOC(C)=O)OC(=O)CCCCCCC. The number of esters is 2. The van der Waals surface area contributed by atoms with Gasteiger partial charge in [0.15, 0.2) is 6.10 Å². The zero-order valence-corrected chi connectivity index (χ0v) is 17.8.